The predicted octanol–water partition coefficient (Wildman–Crippen LogP) is 6.80. The number of benzene rings is 2. The monoisotopic (exact) mass is 593 g/mol. The van der Waals surface area contributed by atoms with Gasteiger partial charge in [-0.15, -0.1) is 0 Å². The molecule has 0 saturated carbocycles. The van der Waals surface area contributed by atoms with E-state index in [0.717, 1.165) is 60.5 Å². The number of allylic oxidation sites excluding steroid dienone is 2. The number of aliphatic hydroxyl groups is 1. The summed E-state index contributed by atoms with van der Waals surface area (Å²) in [4.78, 5) is 6.45. The van der Waals surface area contributed by atoms with Crippen LogP contribution in [0.25, 0.3) is 22.3 Å². The number of rotatable bonds is 11. The fourth-order valence-electron chi connectivity index (χ4n) is 5.59. The summed E-state index contributed by atoms with van der Waals surface area (Å²) in [5, 5.41) is 18.7. The maximum absolute atomic E-state index is 9.73. The molecule has 3 heterocycles. The van der Waals surface area contributed by atoms with Crippen molar-refractivity contribution in [2.45, 2.75) is 73.6 Å². The van der Waals surface area contributed by atoms with Gasteiger partial charge in [-0.1, -0.05) is 75.4 Å². The lowest BCUT2D eigenvalue weighted by Gasteiger charge is -2.22. The summed E-state index contributed by atoms with van der Waals surface area (Å²) in [5.74, 6) is 0.485. The molecule has 0 bridgehead atoms. The zero-order chi connectivity index (χ0) is 31.6. The number of anilines is 1. The number of aliphatic hydroxyl groups excluding tert-OH is 1. The highest BCUT2D eigenvalue weighted by Crippen LogP contribution is 2.33. The standard InChI is InChI=1S/C23H31N5O.C13H16N2/c1-5-18(6-2)20-12-21(28-22(20)23(24)25-15-26-28)19-10-8-9-17(11-19)14-27(7-3)13-16(4)29;1-3-13-10-15(14-11(13)2)9-12-7-5-4-6-8-12/h5,8-12,15-16,29H,6-7,13-14H2,1-4H3,(H2,24,25,26);4-8,10H,3,9H2,1-2H3/b18-5+;. The van der Waals surface area contributed by atoms with Gasteiger partial charge < -0.3 is 10.8 Å². The molecule has 0 aliphatic heterocycles. The van der Waals surface area contributed by atoms with Gasteiger partial charge in [-0.25, -0.2) is 9.50 Å². The molecule has 0 aliphatic carbocycles. The van der Waals surface area contributed by atoms with Gasteiger partial charge in [0.1, 0.15) is 11.8 Å². The third-order valence-electron chi connectivity index (χ3n) is 7.87. The molecule has 44 heavy (non-hydrogen) atoms. The molecule has 5 rings (SSSR count). The zero-order valence-electron chi connectivity index (χ0n) is 27.0. The van der Waals surface area contributed by atoms with E-state index >= 15 is 0 Å². The molecule has 0 amide bonds. The van der Waals surface area contributed by atoms with E-state index in [4.69, 9.17) is 5.73 Å². The largest absolute Gasteiger partial charge is 0.392 e. The second-order valence-corrected chi connectivity index (χ2v) is 11.2. The highest BCUT2D eigenvalue weighted by molar-refractivity contribution is 5.89. The number of likely N-dealkylation sites (N-methyl/N-ethyl adjacent to an activating group) is 1. The minimum Gasteiger partial charge on any atom is -0.392 e. The molecule has 0 radical (unpaired) electrons. The van der Waals surface area contributed by atoms with Crippen LogP contribution in [0.3, 0.4) is 0 Å². The predicted molar refractivity (Wildman–Crippen MR) is 181 cm³/mol. The molecule has 0 saturated heterocycles. The molecule has 0 aliphatic rings. The van der Waals surface area contributed by atoms with Crippen molar-refractivity contribution in [1.82, 2.24) is 29.3 Å². The molecule has 1 atom stereocenters. The van der Waals surface area contributed by atoms with Crippen LogP contribution >= 0.6 is 0 Å². The Morgan fingerprint density at radius 1 is 1.05 bits per heavy atom. The normalized spacial score (nSPS) is 12.4. The topological polar surface area (TPSA) is 97.5 Å². The minimum absolute atomic E-state index is 0.344. The summed E-state index contributed by atoms with van der Waals surface area (Å²) in [5.41, 5.74) is 16.4. The van der Waals surface area contributed by atoms with Gasteiger partial charge in [0.15, 0.2) is 5.82 Å². The van der Waals surface area contributed by atoms with Crippen LogP contribution in [0.1, 0.15) is 69.0 Å². The number of nitrogens with zero attached hydrogens (tertiary/aromatic N) is 6. The van der Waals surface area contributed by atoms with Crippen LogP contribution in [-0.4, -0.2) is 53.6 Å². The number of hydrogen-bond acceptors (Lipinski definition) is 6. The maximum Gasteiger partial charge on any atom is 0.151 e. The number of nitrogens with two attached hydrogens (primary N) is 1. The maximum atomic E-state index is 9.73. The molecule has 232 valence electrons. The van der Waals surface area contributed by atoms with Gasteiger partial charge in [-0.05, 0) is 74.6 Å². The van der Waals surface area contributed by atoms with Crippen molar-refractivity contribution in [2.24, 2.45) is 0 Å². The van der Waals surface area contributed by atoms with Gasteiger partial charge in [-0.2, -0.15) is 10.2 Å². The minimum atomic E-state index is -0.344. The number of hydrogen-bond donors (Lipinski definition) is 2. The van der Waals surface area contributed by atoms with Crippen molar-refractivity contribution in [2.75, 3.05) is 18.8 Å². The van der Waals surface area contributed by atoms with Crippen molar-refractivity contribution in [3.8, 4) is 11.3 Å². The Bertz CT molecular complexity index is 1670. The molecule has 8 heteroatoms. The Labute approximate surface area is 261 Å². The summed E-state index contributed by atoms with van der Waals surface area (Å²) < 4.78 is 3.91. The Hall–Kier alpha value is -4.27. The Morgan fingerprint density at radius 2 is 1.80 bits per heavy atom. The second kappa shape index (κ2) is 15.5. The van der Waals surface area contributed by atoms with Crippen LogP contribution in [0.15, 0.2) is 79.3 Å². The summed E-state index contributed by atoms with van der Waals surface area (Å²) in [6.07, 6.45) is 7.39. The third-order valence-corrected chi connectivity index (χ3v) is 7.87. The summed E-state index contributed by atoms with van der Waals surface area (Å²) in [6.45, 7) is 15.6. The van der Waals surface area contributed by atoms with E-state index in [9.17, 15) is 5.11 Å². The average molecular weight is 594 g/mol. The molecule has 0 spiro atoms. The molecular weight excluding hydrogens is 546 g/mol. The number of nitrogen functional groups attached to an aromatic ring is 1. The highest BCUT2D eigenvalue weighted by atomic mass is 16.3. The molecule has 2 aromatic carbocycles. The van der Waals surface area contributed by atoms with E-state index in [-0.39, 0.29) is 6.10 Å². The van der Waals surface area contributed by atoms with Gasteiger partial charge in [-0.3, -0.25) is 9.58 Å². The molecule has 8 nitrogen and oxygen atoms in total. The van der Waals surface area contributed by atoms with Crippen molar-refractivity contribution in [3.05, 3.63) is 107 Å². The second-order valence-electron chi connectivity index (χ2n) is 11.2. The first-order valence-corrected chi connectivity index (χ1v) is 15.6. The van der Waals surface area contributed by atoms with Crippen LogP contribution in [0.5, 0.6) is 0 Å². The lowest BCUT2D eigenvalue weighted by Crippen LogP contribution is -2.30. The lowest BCUT2D eigenvalue weighted by atomic mass is 10.0. The van der Waals surface area contributed by atoms with Gasteiger partial charge in [0.05, 0.1) is 24.0 Å². The average Bonchev–Trinajstić information content (AvgIpc) is 3.59. The molecule has 3 N–H and O–H groups in total. The smallest absolute Gasteiger partial charge is 0.151 e. The Morgan fingerprint density at radius 3 is 2.43 bits per heavy atom. The number of aryl methyl sites for hydroxylation is 2. The summed E-state index contributed by atoms with van der Waals surface area (Å²) in [6, 6.07) is 21.1. The van der Waals surface area contributed by atoms with Gasteiger partial charge in [0.2, 0.25) is 0 Å². The zero-order valence-corrected chi connectivity index (χ0v) is 27.0. The summed E-state index contributed by atoms with van der Waals surface area (Å²) >= 11 is 0. The van der Waals surface area contributed by atoms with Crippen molar-refractivity contribution in [1.29, 1.82) is 0 Å². The van der Waals surface area contributed by atoms with Gasteiger partial charge in [0.25, 0.3) is 0 Å². The first-order valence-electron chi connectivity index (χ1n) is 15.6. The highest BCUT2D eigenvalue weighted by Gasteiger charge is 2.17. The van der Waals surface area contributed by atoms with E-state index < -0.39 is 0 Å². The molecule has 3 aromatic heterocycles. The fourth-order valence-corrected chi connectivity index (χ4v) is 5.59. The van der Waals surface area contributed by atoms with Gasteiger partial charge in [0, 0.05) is 30.4 Å². The SMILES string of the molecule is C/C=C(\CC)c1cc(-c2cccc(CN(CC)CC(C)O)c2)n2ncnc(N)c12.CCc1cn(Cc2ccccc2)nc1C. The third kappa shape index (κ3) is 8.01. The van der Waals surface area contributed by atoms with Crippen LogP contribution < -0.4 is 5.73 Å². The Balaban J connectivity index is 0.000000246. The first-order chi connectivity index (χ1) is 21.3. The number of aromatic nitrogens is 5. The Kier molecular flexibility index (Phi) is 11.5. The summed E-state index contributed by atoms with van der Waals surface area (Å²) in [7, 11) is 0. The first kappa shape index (κ1) is 32.6. The molecular formula is C36H47N7O. The van der Waals surface area contributed by atoms with E-state index in [1.807, 2.05) is 29.1 Å². The van der Waals surface area contributed by atoms with Crippen molar-refractivity contribution in [3.63, 3.8) is 0 Å². The quantitative estimate of drug-likeness (QED) is 0.175. The van der Waals surface area contributed by atoms with E-state index in [1.165, 1.54) is 28.6 Å². The molecule has 0 fully saturated rings. The van der Waals surface area contributed by atoms with E-state index in [2.05, 4.69) is 115 Å². The molecule has 5 aromatic rings. The van der Waals surface area contributed by atoms with E-state index in [1.54, 1.807) is 0 Å². The fraction of sp³-hybridized carbons (Fsp3) is 0.361. The van der Waals surface area contributed by atoms with Gasteiger partial charge >= 0.3 is 0 Å². The van der Waals surface area contributed by atoms with Crippen molar-refractivity contribution < 1.29 is 5.11 Å². The molecule has 1 unspecified atom stereocenters. The lowest BCUT2D eigenvalue weighted by molar-refractivity contribution is 0.126. The van der Waals surface area contributed by atoms with Crippen LogP contribution in [0, 0.1) is 6.92 Å². The van der Waals surface area contributed by atoms with E-state index in [0.29, 0.717) is 12.4 Å². The number of fused-ring (bicyclic) bond motifs is 1. The van der Waals surface area contributed by atoms with Crippen molar-refractivity contribution >= 4 is 16.9 Å². The van der Waals surface area contributed by atoms with Crippen LogP contribution in [0.4, 0.5) is 5.82 Å². The van der Waals surface area contributed by atoms with Crippen LogP contribution in [0.2, 0.25) is 0 Å². The van der Waals surface area contributed by atoms with Crippen LogP contribution in [-0.2, 0) is 19.5 Å².